The number of nitrogens with zero attached hydrogens (tertiary/aromatic N) is 1. The van der Waals surface area contributed by atoms with Crippen LogP contribution in [-0.4, -0.2) is 16.0 Å². The van der Waals surface area contributed by atoms with Gasteiger partial charge in [0.2, 0.25) is 0 Å². The average molecular weight is 386 g/mol. The van der Waals surface area contributed by atoms with E-state index in [1.54, 1.807) is 19.1 Å². The lowest BCUT2D eigenvalue weighted by molar-refractivity contribution is 0.0947. The maximum atomic E-state index is 12.9. The molecule has 0 spiro atoms. The van der Waals surface area contributed by atoms with E-state index in [1.165, 1.54) is 23.5 Å². The monoisotopic (exact) mass is 386 g/mol. The Balaban J connectivity index is 1.60. The molecule has 132 valence electrons. The van der Waals surface area contributed by atoms with E-state index in [0.29, 0.717) is 16.3 Å². The van der Waals surface area contributed by atoms with E-state index in [2.05, 4.69) is 21.2 Å². The van der Waals surface area contributed by atoms with Crippen molar-refractivity contribution in [1.29, 1.82) is 0 Å². The lowest BCUT2D eigenvalue weighted by atomic mass is 10.2. The topological polar surface area (TPSA) is 66.0 Å². The second-order valence-electron chi connectivity index (χ2n) is 5.34. The number of thiocarbonyl (C=S) groups is 1. The van der Waals surface area contributed by atoms with E-state index in [4.69, 9.17) is 12.2 Å². The number of anilines is 1. The van der Waals surface area contributed by atoms with Crippen molar-refractivity contribution in [2.24, 2.45) is 0 Å². The number of benzene rings is 2. The van der Waals surface area contributed by atoms with Gasteiger partial charge in [-0.05, 0) is 43.4 Å². The minimum Gasteiger partial charge on any atom is -0.331 e. The molecule has 0 atom stereocenters. The number of halogens is 1. The van der Waals surface area contributed by atoms with Gasteiger partial charge in [0.15, 0.2) is 5.11 Å². The van der Waals surface area contributed by atoms with Crippen LogP contribution in [0.25, 0.3) is 10.6 Å². The Labute approximate surface area is 159 Å². The molecule has 26 heavy (non-hydrogen) atoms. The summed E-state index contributed by atoms with van der Waals surface area (Å²) in [5.74, 6) is -0.664. The molecule has 0 unspecified atom stereocenters. The number of amides is 1. The quantitative estimate of drug-likeness (QED) is 0.471. The maximum Gasteiger partial charge on any atom is 0.281 e. The van der Waals surface area contributed by atoms with E-state index in [0.717, 1.165) is 10.6 Å². The maximum absolute atomic E-state index is 12.9. The lowest BCUT2D eigenvalue weighted by Crippen LogP contribution is -2.43. The van der Waals surface area contributed by atoms with Crippen LogP contribution in [0.3, 0.4) is 0 Å². The van der Waals surface area contributed by atoms with Gasteiger partial charge in [-0.3, -0.25) is 15.6 Å². The van der Waals surface area contributed by atoms with Crippen LogP contribution >= 0.6 is 23.6 Å². The first-order valence-corrected chi connectivity index (χ1v) is 8.91. The molecule has 0 aliphatic rings. The van der Waals surface area contributed by atoms with Crippen LogP contribution in [-0.2, 0) is 0 Å². The Kier molecular flexibility index (Phi) is 5.55. The molecular weight excluding hydrogens is 371 g/mol. The van der Waals surface area contributed by atoms with Gasteiger partial charge in [0.25, 0.3) is 5.91 Å². The Hall–Kier alpha value is -2.84. The van der Waals surface area contributed by atoms with Gasteiger partial charge in [-0.2, -0.15) is 0 Å². The van der Waals surface area contributed by atoms with Crippen LogP contribution in [0.5, 0.6) is 0 Å². The molecule has 1 aromatic heterocycles. The van der Waals surface area contributed by atoms with Crippen molar-refractivity contribution in [3.05, 3.63) is 71.0 Å². The van der Waals surface area contributed by atoms with Crippen LogP contribution in [0.4, 0.5) is 10.1 Å². The number of hydrogen-bond acceptors (Lipinski definition) is 4. The number of hydrogen-bond donors (Lipinski definition) is 3. The van der Waals surface area contributed by atoms with Gasteiger partial charge in [0.1, 0.15) is 15.7 Å². The zero-order valence-electron chi connectivity index (χ0n) is 13.7. The molecule has 8 heteroatoms. The molecule has 0 saturated heterocycles. The van der Waals surface area contributed by atoms with Crippen LogP contribution in [0, 0.1) is 12.7 Å². The van der Waals surface area contributed by atoms with Crippen LogP contribution in [0.1, 0.15) is 15.4 Å². The number of aromatic nitrogens is 1. The third-order valence-corrected chi connectivity index (χ3v) is 4.82. The van der Waals surface area contributed by atoms with E-state index in [9.17, 15) is 9.18 Å². The van der Waals surface area contributed by atoms with Crippen molar-refractivity contribution >= 4 is 40.3 Å². The van der Waals surface area contributed by atoms with Crippen molar-refractivity contribution in [1.82, 2.24) is 15.8 Å². The van der Waals surface area contributed by atoms with Crippen LogP contribution in [0.15, 0.2) is 54.6 Å². The molecule has 0 saturated carbocycles. The molecule has 3 N–H and O–H groups in total. The highest BCUT2D eigenvalue weighted by Gasteiger charge is 2.16. The number of thiazole rings is 1. The predicted molar refractivity (Wildman–Crippen MR) is 106 cm³/mol. The summed E-state index contributed by atoms with van der Waals surface area (Å²) in [7, 11) is 0. The fraction of sp³-hybridized carbons (Fsp3) is 0.0556. The smallest absolute Gasteiger partial charge is 0.281 e. The molecule has 1 amide bonds. The van der Waals surface area contributed by atoms with Gasteiger partial charge in [-0.25, -0.2) is 9.37 Å². The number of nitrogens with one attached hydrogen (secondary N) is 3. The second-order valence-corrected chi connectivity index (χ2v) is 6.75. The van der Waals surface area contributed by atoms with Crippen molar-refractivity contribution in [2.75, 3.05) is 5.32 Å². The fourth-order valence-electron chi connectivity index (χ4n) is 2.18. The van der Waals surface area contributed by atoms with Gasteiger partial charge >= 0.3 is 0 Å². The molecule has 0 fully saturated rings. The summed E-state index contributed by atoms with van der Waals surface area (Å²) in [4.78, 5) is 17.3. The molecule has 3 aromatic rings. The SMILES string of the molecule is Cc1nc(-c2ccccc2)sc1C(=O)NNC(=S)Nc1ccc(F)cc1. The van der Waals surface area contributed by atoms with Crippen molar-refractivity contribution in [2.45, 2.75) is 6.92 Å². The molecule has 3 rings (SSSR count). The standard InChI is InChI=1S/C18H15FN4OS2/c1-11-15(26-17(20-11)12-5-3-2-4-6-12)16(24)22-23-18(25)21-14-9-7-13(19)8-10-14/h2-10H,1H3,(H,22,24)(H2,21,23,25). The van der Waals surface area contributed by atoms with Crippen molar-refractivity contribution < 1.29 is 9.18 Å². The van der Waals surface area contributed by atoms with Gasteiger partial charge in [0.05, 0.1) is 5.69 Å². The summed E-state index contributed by atoms with van der Waals surface area (Å²) in [5, 5.41) is 3.82. The summed E-state index contributed by atoms with van der Waals surface area (Å²) in [6, 6.07) is 15.4. The molecule has 0 radical (unpaired) electrons. The number of carbonyl (C=O) groups excluding carboxylic acids is 1. The van der Waals surface area contributed by atoms with Gasteiger partial charge in [-0.1, -0.05) is 30.3 Å². The zero-order valence-corrected chi connectivity index (χ0v) is 15.4. The Morgan fingerprint density at radius 3 is 2.46 bits per heavy atom. The van der Waals surface area contributed by atoms with Crippen LogP contribution < -0.4 is 16.2 Å². The number of hydrazine groups is 1. The Bertz CT molecular complexity index is 926. The molecule has 0 aliphatic heterocycles. The highest BCUT2D eigenvalue weighted by Crippen LogP contribution is 2.27. The Morgan fingerprint density at radius 2 is 1.77 bits per heavy atom. The lowest BCUT2D eigenvalue weighted by Gasteiger charge is -2.11. The average Bonchev–Trinajstić information content (AvgIpc) is 3.04. The minimum atomic E-state index is -0.336. The van der Waals surface area contributed by atoms with Gasteiger partial charge in [0, 0.05) is 11.3 Å². The number of carbonyl (C=O) groups is 1. The summed E-state index contributed by atoms with van der Waals surface area (Å²) in [6.07, 6.45) is 0. The van der Waals surface area contributed by atoms with E-state index < -0.39 is 0 Å². The van der Waals surface area contributed by atoms with E-state index >= 15 is 0 Å². The molecule has 5 nitrogen and oxygen atoms in total. The molecule has 0 bridgehead atoms. The summed E-state index contributed by atoms with van der Waals surface area (Å²) >= 11 is 6.42. The van der Waals surface area contributed by atoms with Crippen molar-refractivity contribution in [3.63, 3.8) is 0 Å². The highest BCUT2D eigenvalue weighted by atomic mass is 32.1. The number of rotatable bonds is 3. The normalized spacial score (nSPS) is 10.2. The first-order chi connectivity index (χ1) is 12.5. The molecule has 1 heterocycles. The van der Waals surface area contributed by atoms with E-state index in [-0.39, 0.29) is 16.8 Å². The second kappa shape index (κ2) is 8.03. The summed E-state index contributed by atoms with van der Waals surface area (Å²) < 4.78 is 12.9. The van der Waals surface area contributed by atoms with E-state index in [1.807, 2.05) is 30.3 Å². The highest BCUT2D eigenvalue weighted by molar-refractivity contribution is 7.80. The third-order valence-electron chi connectivity index (χ3n) is 3.42. The van der Waals surface area contributed by atoms with Gasteiger partial charge in [-0.15, -0.1) is 11.3 Å². The number of aryl methyl sites for hydroxylation is 1. The molecule has 2 aromatic carbocycles. The third kappa shape index (κ3) is 4.41. The molecule has 0 aliphatic carbocycles. The fourth-order valence-corrected chi connectivity index (χ4v) is 3.31. The predicted octanol–water partition coefficient (Wildman–Crippen LogP) is 3.89. The van der Waals surface area contributed by atoms with Crippen LogP contribution in [0.2, 0.25) is 0 Å². The minimum absolute atomic E-state index is 0.190. The van der Waals surface area contributed by atoms with Gasteiger partial charge < -0.3 is 5.32 Å². The summed E-state index contributed by atoms with van der Waals surface area (Å²) in [6.45, 7) is 1.78. The zero-order chi connectivity index (χ0) is 18.5. The first kappa shape index (κ1) is 18.0. The molecular formula is C18H15FN4OS2. The largest absolute Gasteiger partial charge is 0.331 e. The van der Waals surface area contributed by atoms with Crippen molar-refractivity contribution in [3.8, 4) is 10.6 Å². The Morgan fingerprint density at radius 1 is 1.08 bits per heavy atom. The first-order valence-electron chi connectivity index (χ1n) is 7.68. The summed E-state index contributed by atoms with van der Waals surface area (Å²) in [5.41, 5.74) is 7.38.